The van der Waals surface area contributed by atoms with E-state index in [0.29, 0.717) is 19.4 Å². The summed E-state index contributed by atoms with van der Waals surface area (Å²) in [5.74, 6) is -1.27. The molecule has 1 unspecified atom stereocenters. The van der Waals surface area contributed by atoms with Gasteiger partial charge in [-0.15, -0.1) is 0 Å². The van der Waals surface area contributed by atoms with Crippen LogP contribution in [0.4, 0.5) is 10.1 Å². The minimum absolute atomic E-state index is 0.0359. The summed E-state index contributed by atoms with van der Waals surface area (Å²) in [6.45, 7) is 0.653. The Morgan fingerprint density at radius 3 is 2.95 bits per heavy atom. The number of benzene rings is 1. The fraction of sp³-hybridized carbons (Fsp3) is 0.500. The Morgan fingerprint density at radius 1 is 1.52 bits per heavy atom. The monoisotopic (exact) mass is 296 g/mol. The number of nitrogens with zero attached hydrogens (tertiary/aromatic N) is 2. The van der Waals surface area contributed by atoms with E-state index in [-0.39, 0.29) is 24.1 Å². The van der Waals surface area contributed by atoms with Crippen molar-refractivity contribution in [3.8, 4) is 0 Å². The third-order valence-corrected chi connectivity index (χ3v) is 3.72. The van der Waals surface area contributed by atoms with Gasteiger partial charge in [-0.25, -0.2) is 0 Å². The molecule has 1 amide bonds. The van der Waals surface area contributed by atoms with Crippen LogP contribution in [0.1, 0.15) is 36.0 Å². The van der Waals surface area contributed by atoms with Crippen molar-refractivity contribution < 1.29 is 19.2 Å². The molecule has 2 rings (SSSR count). The first-order chi connectivity index (χ1) is 10.0. The van der Waals surface area contributed by atoms with E-state index in [1.807, 2.05) is 0 Å². The SMILES string of the molecule is O=C(c1ccc(F)c([N+](=O)[O-])c1)N1CCCC1CCCO. The van der Waals surface area contributed by atoms with Crippen LogP contribution in [0.3, 0.4) is 0 Å². The van der Waals surface area contributed by atoms with E-state index >= 15 is 0 Å². The van der Waals surface area contributed by atoms with Crippen molar-refractivity contribution in [2.24, 2.45) is 0 Å². The molecule has 1 aliphatic rings. The number of hydrogen-bond donors (Lipinski definition) is 1. The highest BCUT2D eigenvalue weighted by Crippen LogP contribution is 2.25. The van der Waals surface area contributed by atoms with Gasteiger partial charge in [-0.2, -0.15) is 4.39 Å². The smallest absolute Gasteiger partial charge is 0.305 e. The second-order valence-electron chi connectivity index (χ2n) is 5.08. The third kappa shape index (κ3) is 3.36. The second-order valence-corrected chi connectivity index (χ2v) is 5.08. The van der Waals surface area contributed by atoms with Crippen LogP contribution in [0.15, 0.2) is 18.2 Å². The van der Waals surface area contributed by atoms with Crippen LogP contribution in [-0.4, -0.2) is 40.0 Å². The predicted octanol–water partition coefficient (Wildman–Crippen LogP) is 2.11. The molecule has 21 heavy (non-hydrogen) atoms. The van der Waals surface area contributed by atoms with Crippen LogP contribution in [0.2, 0.25) is 0 Å². The van der Waals surface area contributed by atoms with Crippen molar-refractivity contribution in [2.75, 3.05) is 13.2 Å². The normalized spacial score (nSPS) is 18.0. The van der Waals surface area contributed by atoms with Gasteiger partial charge in [0.2, 0.25) is 5.82 Å². The lowest BCUT2D eigenvalue weighted by molar-refractivity contribution is -0.387. The van der Waals surface area contributed by atoms with Gasteiger partial charge in [-0.3, -0.25) is 14.9 Å². The molecule has 6 nitrogen and oxygen atoms in total. The fourth-order valence-electron chi connectivity index (χ4n) is 2.68. The van der Waals surface area contributed by atoms with Gasteiger partial charge in [0.05, 0.1) is 4.92 Å². The number of aliphatic hydroxyl groups excluding tert-OH is 1. The van der Waals surface area contributed by atoms with E-state index in [4.69, 9.17) is 5.11 Å². The number of nitro groups is 1. The molecule has 1 heterocycles. The molecular weight excluding hydrogens is 279 g/mol. The molecule has 0 radical (unpaired) electrons. The number of nitro benzene ring substituents is 1. The number of amides is 1. The van der Waals surface area contributed by atoms with Crippen molar-refractivity contribution >= 4 is 11.6 Å². The molecule has 1 aromatic carbocycles. The summed E-state index contributed by atoms with van der Waals surface area (Å²) in [5.41, 5.74) is -0.564. The predicted molar refractivity (Wildman–Crippen MR) is 73.4 cm³/mol. The maximum atomic E-state index is 13.3. The lowest BCUT2D eigenvalue weighted by Crippen LogP contribution is -2.35. The van der Waals surface area contributed by atoms with Crippen molar-refractivity contribution in [2.45, 2.75) is 31.7 Å². The van der Waals surface area contributed by atoms with E-state index in [0.717, 1.165) is 25.0 Å². The van der Waals surface area contributed by atoms with Crippen molar-refractivity contribution in [3.05, 3.63) is 39.7 Å². The average molecular weight is 296 g/mol. The van der Waals surface area contributed by atoms with Crippen LogP contribution in [0.5, 0.6) is 0 Å². The molecule has 1 atom stereocenters. The van der Waals surface area contributed by atoms with E-state index in [1.165, 1.54) is 6.07 Å². The lowest BCUT2D eigenvalue weighted by atomic mass is 10.1. The molecule has 1 aromatic rings. The lowest BCUT2D eigenvalue weighted by Gasteiger charge is -2.24. The zero-order valence-electron chi connectivity index (χ0n) is 11.5. The van der Waals surface area contributed by atoms with Crippen LogP contribution in [-0.2, 0) is 0 Å². The van der Waals surface area contributed by atoms with Gasteiger partial charge >= 0.3 is 5.69 Å². The summed E-state index contributed by atoms with van der Waals surface area (Å²) in [6, 6.07) is 3.24. The largest absolute Gasteiger partial charge is 0.396 e. The van der Waals surface area contributed by atoms with Gasteiger partial charge < -0.3 is 10.0 Å². The molecule has 0 aromatic heterocycles. The summed E-state index contributed by atoms with van der Waals surface area (Å²) in [7, 11) is 0. The topological polar surface area (TPSA) is 83.7 Å². The van der Waals surface area contributed by atoms with Gasteiger partial charge in [0.1, 0.15) is 0 Å². The van der Waals surface area contributed by atoms with Gasteiger partial charge in [-0.1, -0.05) is 0 Å². The molecule has 0 bridgehead atoms. The minimum atomic E-state index is -0.949. The quantitative estimate of drug-likeness (QED) is 0.666. The first-order valence-corrected chi connectivity index (χ1v) is 6.90. The molecular formula is C14H17FN2O4. The van der Waals surface area contributed by atoms with Crippen molar-refractivity contribution in [3.63, 3.8) is 0 Å². The van der Waals surface area contributed by atoms with Gasteiger partial charge in [0.15, 0.2) is 0 Å². The van der Waals surface area contributed by atoms with Crippen molar-refractivity contribution in [1.29, 1.82) is 0 Å². The molecule has 1 fully saturated rings. The summed E-state index contributed by atoms with van der Waals surface area (Å²) in [5, 5.41) is 19.6. The Hall–Kier alpha value is -2.02. The number of likely N-dealkylation sites (tertiary alicyclic amines) is 1. The fourth-order valence-corrected chi connectivity index (χ4v) is 2.68. The minimum Gasteiger partial charge on any atom is -0.396 e. The molecule has 1 N–H and O–H groups in total. The Morgan fingerprint density at radius 2 is 2.29 bits per heavy atom. The highest BCUT2D eigenvalue weighted by Gasteiger charge is 2.30. The summed E-state index contributed by atoms with van der Waals surface area (Å²) < 4.78 is 13.3. The number of carbonyl (C=O) groups is 1. The van der Waals surface area contributed by atoms with Crippen LogP contribution in [0.25, 0.3) is 0 Å². The Balaban J connectivity index is 2.19. The average Bonchev–Trinajstić information content (AvgIpc) is 2.92. The Kier molecular flexibility index (Phi) is 4.85. The molecule has 0 saturated carbocycles. The van der Waals surface area contributed by atoms with E-state index in [1.54, 1.807) is 4.90 Å². The van der Waals surface area contributed by atoms with E-state index in [2.05, 4.69) is 0 Å². The van der Waals surface area contributed by atoms with E-state index < -0.39 is 16.4 Å². The number of carbonyl (C=O) groups excluding carboxylic acids is 1. The first-order valence-electron chi connectivity index (χ1n) is 6.90. The second kappa shape index (κ2) is 6.62. The first kappa shape index (κ1) is 15.4. The zero-order chi connectivity index (χ0) is 15.4. The number of rotatable bonds is 5. The molecule has 1 saturated heterocycles. The molecule has 114 valence electrons. The van der Waals surface area contributed by atoms with Crippen LogP contribution < -0.4 is 0 Å². The third-order valence-electron chi connectivity index (χ3n) is 3.72. The molecule has 1 aliphatic heterocycles. The van der Waals surface area contributed by atoms with Gasteiger partial charge in [0, 0.05) is 30.8 Å². The number of hydrogen-bond acceptors (Lipinski definition) is 4. The highest BCUT2D eigenvalue weighted by atomic mass is 19.1. The molecule has 7 heteroatoms. The van der Waals surface area contributed by atoms with Crippen LogP contribution >= 0.6 is 0 Å². The highest BCUT2D eigenvalue weighted by molar-refractivity contribution is 5.95. The van der Waals surface area contributed by atoms with E-state index in [9.17, 15) is 19.3 Å². The number of halogens is 1. The number of aliphatic hydroxyl groups is 1. The summed E-state index contributed by atoms with van der Waals surface area (Å²) in [4.78, 5) is 24.0. The van der Waals surface area contributed by atoms with Crippen LogP contribution in [0, 0.1) is 15.9 Å². The maximum absolute atomic E-state index is 13.3. The summed E-state index contributed by atoms with van der Waals surface area (Å²) >= 11 is 0. The Labute approximate surface area is 121 Å². The van der Waals surface area contributed by atoms with Crippen molar-refractivity contribution in [1.82, 2.24) is 4.90 Å². The van der Waals surface area contributed by atoms with Gasteiger partial charge in [0.25, 0.3) is 5.91 Å². The standard InChI is InChI=1S/C14H17FN2O4/c15-12-6-5-10(9-13(12)17(20)21)14(19)16-7-1-3-11(16)4-2-8-18/h5-6,9,11,18H,1-4,7-8H2. The maximum Gasteiger partial charge on any atom is 0.305 e. The Bertz CT molecular complexity index is 550. The molecule has 0 aliphatic carbocycles. The summed E-state index contributed by atoms with van der Waals surface area (Å²) in [6.07, 6.45) is 3.03. The van der Waals surface area contributed by atoms with Gasteiger partial charge in [-0.05, 0) is 37.8 Å². The molecule has 0 spiro atoms. The zero-order valence-corrected chi connectivity index (χ0v) is 11.5.